The van der Waals surface area contributed by atoms with Crippen molar-refractivity contribution in [3.8, 4) is 0 Å². The van der Waals surface area contributed by atoms with Crippen molar-refractivity contribution in [1.29, 1.82) is 0 Å². The highest BCUT2D eigenvalue weighted by molar-refractivity contribution is 5.72. The fraction of sp³-hybridized carbons (Fsp3) is 0.909. The second-order valence-corrected chi connectivity index (χ2v) is 4.43. The van der Waals surface area contributed by atoms with Crippen LogP contribution in [0, 0.1) is 0 Å². The van der Waals surface area contributed by atoms with Crippen LogP contribution in [-0.4, -0.2) is 59.6 Å². The summed E-state index contributed by atoms with van der Waals surface area (Å²) in [4.78, 5) is 15.4. The molecule has 0 aromatic heterocycles. The van der Waals surface area contributed by atoms with Gasteiger partial charge in [0.05, 0.1) is 0 Å². The number of nitrogens with zero attached hydrogens (tertiary/aromatic N) is 2. The van der Waals surface area contributed by atoms with Gasteiger partial charge in [0.1, 0.15) is 6.04 Å². The van der Waals surface area contributed by atoms with Crippen LogP contribution in [0.1, 0.15) is 26.7 Å². The Labute approximate surface area is 91.9 Å². The molecule has 0 radical (unpaired) electrons. The first-order valence-corrected chi connectivity index (χ1v) is 5.73. The van der Waals surface area contributed by atoms with Gasteiger partial charge in [-0.3, -0.25) is 9.69 Å². The fourth-order valence-corrected chi connectivity index (χ4v) is 2.28. The highest BCUT2D eigenvalue weighted by atomic mass is 16.4. The van der Waals surface area contributed by atoms with Gasteiger partial charge in [-0.05, 0) is 33.4 Å². The summed E-state index contributed by atoms with van der Waals surface area (Å²) < 4.78 is 0. The molecule has 0 amide bonds. The number of hydrogen-bond donors (Lipinski definition) is 1. The van der Waals surface area contributed by atoms with Gasteiger partial charge in [0.25, 0.3) is 0 Å². The second kappa shape index (κ2) is 5.47. The van der Waals surface area contributed by atoms with Gasteiger partial charge in [0.15, 0.2) is 0 Å². The summed E-state index contributed by atoms with van der Waals surface area (Å²) in [6.07, 6.45) is 2.08. The largest absolute Gasteiger partial charge is 0.480 e. The molecule has 1 rings (SSSR count). The molecule has 1 N–H and O–H groups in total. The van der Waals surface area contributed by atoms with E-state index in [1.165, 1.54) is 0 Å². The third-order valence-electron chi connectivity index (χ3n) is 3.27. The molecular formula is C11H22N2O2. The van der Waals surface area contributed by atoms with Gasteiger partial charge in [0, 0.05) is 19.1 Å². The maximum Gasteiger partial charge on any atom is 0.320 e. The van der Waals surface area contributed by atoms with Crippen LogP contribution in [0.2, 0.25) is 0 Å². The van der Waals surface area contributed by atoms with E-state index < -0.39 is 5.97 Å². The van der Waals surface area contributed by atoms with Crippen LogP contribution in [0.25, 0.3) is 0 Å². The summed E-state index contributed by atoms with van der Waals surface area (Å²) in [5.74, 6) is -0.710. The summed E-state index contributed by atoms with van der Waals surface area (Å²) >= 11 is 0. The Morgan fingerprint density at radius 3 is 2.73 bits per heavy atom. The molecule has 0 saturated carbocycles. The SMILES string of the molecule is CCC1CN(C)CCCN1C(C)C(=O)O. The van der Waals surface area contributed by atoms with Gasteiger partial charge in [-0.2, -0.15) is 0 Å². The highest BCUT2D eigenvalue weighted by Gasteiger charge is 2.29. The lowest BCUT2D eigenvalue weighted by Gasteiger charge is -2.32. The zero-order chi connectivity index (χ0) is 11.4. The minimum absolute atomic E-state index is 0.360. The van der Waals surface area contributed by atoms with Crippen molar-refractivity contribution in [2.24, 2.45) is 0 Å². The Balaban J connectivity index is 2.70. The van der Waals surface area contributed by atoms with E-state index in [2.05, 4.69) is 23.8 Å². The quantitative estimate of drug-likeness (QED) is 0.757. The van der Waals surface area contributed by atoms with Crippen LogP contribution < -0.4 is 0 Å². The van der Waals surface area contributed by atoms with Crippen LogP contribution in [0.15, 0.2) is 0 Å². The molecule has 0 spiro atoms. The molecule has 0 bridgehead atoms. The van der Waals surface area contributed by atoms with Crippen molar-refractivity contribution < 1.29 is 9.90 Å². The molecule has 88 valence electrons. The normalized spacial score (nSPS) is 27.3. The topological polar surface area (TPSA) is 43.8 Å². The van der Waals surface area contributed by atoms with E-state index >= 15 is 0 Å². The van der Waals surface area contributed by atoms with Crippen LogP contribution in [0.4, 0.5) is 0 Å². The lowest BCUT2D eigenvalue weighted by molar-refractivity contribution is -0.143. The van der Waals surface area contributed by atoms with Crippen molar-refractivity contribution in [2.75, 3.05) is 26.7 Å². The molecule has 0 aromatic rings. The Morgan fingerprint density at radius 2 is 2.20 bits per heavy atom. The first-order chi connectivity index (χ1) is 7.06. The van der Waals surface area contributed by atoms with Gasteiger partial charge >= 0.3 is 5.97 Å². The lowest BCUT2D eigenvalue weighted by Crippen LogP contribution is -2.47. The van der Waals surface area contributed by atoms with E-state index in [-0.39, 0.29) is 6.04 Å². The zero-order valence-corrected chi connectivity index (χ0v) is 9.94. The molecule has 2 atom stereocenters. The number of carbonyl (C=O) groups is 1. The molecule has 0 aliphatic carbocycles. The van der Waals surface area contributed by atoms with Crippen LogP contribution in [-0.2, 0) is 4.79 Å². The minimum Gasteiger partial charge on any atom is -0.480 e. The van der Waals surface area contributed by atoms with Gasteiger partial charge in [0.2, 0.25) is 0 Å². The van der Waals surface area contributed by atoms with Crippen molar-refractivity contribution >= 4 is 5.97 Å². The summed E-state index contributed by atoms with van der Waals surface area (Å²) in [6.45, 7) is 6.87. The average molecular weight is 214 g/mol. The van der Waals surface area contributed by atoms with Crippen LogP contribution in [0.3, 0.4) is 0 Å². The maximum absolute atomic E-state index is 11.0. The predicted octanol–water partition coefficient (Wildman–Crippen LogP) is 0.876. The number of carboxylic acids is 1. The second-order valence-electron chi connectivity index (χ2n) is 4.43. The van der Waals surface area contributed by atoms with Gasteiger partial charge in [-0.15, -0.1) is 0 Å². The van der Waals surface area contributed by atoms with Crippen molar-refractivity contribution in [2.45, 2.75) is 38.8 Å². The smallest absolute Gasteiger partial charge is 0.320 e. The molecule has 1 aliphatic rings. The number of rotatable bonds is 3. The number of carboxylic acid groups (broad SMARTS) is 1. The zero-order valence-electron chi connectivity index (χ0n) is 9.94. The predicted molar refractivity (Wildman–Crippen MR) is 60.0 cm³/mol. The number of hydrogen-bond acceptors (Lipinski definition) is 3. The molecule has 0 aromatic carbocycles. The molecule has 4 heteroatoms. The molecule has 4 nitrogen and oxygen atoms in total. The van der Waals surface area contributed by atoms with E-state index in [0.717, 1.165) is 32.5 Å². The monoisotopic (exact) mass is 214 g/mol. The van der Waals surface area contributed by atoms with Crippen LogP contribution in [0.5, 0.6) is 0 Å². The molecular weight excluding hydrogens is 192 g/mol. The molecule has 1 aliphatic heterocycles. The van der Waals surface area contributed by atoms with E-state index in [1.807, 2.05) is 0 Å². The molecule has 1 heterocycles. The Morgan fingerprint density at radius 1 is 1.53 bits per heavy atom. The maximum atomic E-state index is 11.0. The van der Waals surface area contributed by atoms with Crippen LogP contribution >= 0.6 is 0 Å². The third kappa shape index (κ3) is 3.18. The van der Waals surface area contributed by atoms with Crippen molar-refractivity contribution in [1.82, 2.24) is 9.80 Å². The fourth-order valence-electron chi connectivity index (χ4n) is 2.28. The van der Waals surface area contributed by atoms with E-state index in [9.17, 15) is 4.79 Å². The van der Waals surface area contributed by atoms with Crippen molar-refractivity contribution in [3.05, 3.63) is 0 Å². The summed E-state index contributed by atoms with van der Waals surface area (Å²) in [7, 11) is 2.11. The third-order valence-corrected chi connectivity index (χ3v) is 3.27. The number of aliphatic carboxylic acids is 1. The van der Waals surface area contributed by atoms with Gasteiger partial charge in [-0.25, -0.2) is 0 Å². The van der Waals surface area contributed by atoms with E-state index in [4.69, 9.17) is 5.11 Å². The molecule has 2 unspecified atom stereocenters. The average Bonchev–Trinajstić information content (AvgIpc) is 2.38. The van der Waals surface area contributed by atoms with E-state index in [1.54, 1.807) is 6.92 Å². The first-order valence-electron chi connectivity index (χ1n) is 5.73. The summed E-state index contributed by atoms with van der Waals surface area (Å²) in [5, 5.41) is 9.05. The number of likely N-dealkylation sites (N-methyl/N-ethyl adjacent to an activating group) is 1. The van der Waals surface area contributed by atoms with Gasteiger partial charge in [-0.1, -0.05) is 6.92 Å². The molecule has 15 heavy (non-hydrogen) atoms. The first kappa shape index (κ1) is 12.5. The summed E-state index contributed by atoms with van der Waals surface area (Å²) in [6, 6.07) is 0.0186. The standard InChI is InChI=1S/C11H22N2O2/c1-4-10-8-12(3)6-5-7-13(10)9(2)11(14)15/h9-10H,4-8H2,1-3H3,(H,14,15). The Bertz CT molecular complexity index is 221. The van der Waals surface area contributed by atoms with Gasteiger partial charge < -0.3 is 10.0 Å². The van der Waals surface area contributed by atoms with Crippen molar-refractivity contribution in [3.63, 3.8) is 0 Å². The lowest BCUT2D eigenvalue weighted by atomic mass is 10.1. The van der Waals surface area contributed by atoms with E-state index in [0.29, 0.717) is 6.04 Å². The molecule has 1 saturated heterocycles. The Kier molecular flexibility index (Phi) is 4.54. The summed E-state index contributed by atoms with van der Waals surface area (Å²) in [5.41, 5.74) is 0. The highest BCUT2D eigenvalue weighted by Crippen LogP contribution is 2.15. The Hall–Kier alpha value is -0.610. The minimum atomic E-state index is -0.710. The molecule has 1 fully saturated rings.